The molecular formula is C22H23N3O. The van der Waals surface area contributed by atoms with Crippen LogP contribution in [0, 0.1) is 0 Å². The molecule has 0 fully saturated rings. The van der Waals surface area contributed by atoms with Crippen molar-refractivity contribution >= 4 is 12.0 Å². The second-order valence-electron chi connectivity index (χ2n) is 6.12. The summed E-state index contributed by atoms with van der Waals surface area (Å²) in [4.78, 5) is 11.9. The Bertz CT molecular complexity index is 838. The molecule has 4 nitrogen and oxygen atoms in total. The van der Waals surface area contributed by atoms with Gasteiger partial charge in [0.25, 0.3) is 0 Å². The highest BCUT2D eigenvalue weighted by molar-refractivity contribution is 5.91. The molecule has 2 aromatic carbocycles. The van der Waals surface area contributed by atoms with Crippen LogP contribution in [0.15, 0.2) is 79.1 Å². The Hall–Kier alpha value is -3.14. The number of hydrogen-bond acceptors (Lipinski definition) is 2. The van der Waals surface area contributed by atoms with Gasteiger partial charge in [-0.05, 0) is 43.0 Å². The number of carbonyl (C=O) groups is 1. The first-order chi connectivity index (χ1) is 12.8. The summed E-state index contributed by atoms with van der Waals surface area (Å²) < 4.78 is 1.79. The number of aryl methyl sites for hydroxylation is 1. The molecule has 0 aliphatic rings. The summed E-state index contributed by atoms with van der Waals surface area (Å²) >= 11 is 0. The number of unbranched alkanes of at least 4 members (excludes halogenated alkanes) is 1. The topological polar surface area (TPSA) is 46.9 Å². The number of rotatable bonds is 8. The van der Waals surface area contributed by atoms with Gasteiger partial charge in [0.2, 0.25) is 5.91 Å². The molecule has 0 saturated heterocycles. The number of aromatic nitrogens is 2. The first-order valence-corrected chi connectivity index (χ1v) is 8.91. The molecule has 0 spiro atoms. The van der Waals surface area contributed by atoms with Crippen LogP contribution in [0.25, 0.3) is 11.8 Å². The quantitative estimate of drug-likeness (QED) is 0.495. The van der Waals surface area contributed by atoms with Crippen molar-refractivity contribution in [2.24, 2.45) is 0 Å². The molecule has 0 aliphatic heterocycles. The lowest BCUT2D eigenvalue weighted by molar-refractivity contribution is -0.116. The van der Waals surface area contributed by atoms with E-state index in [9.17, 15) is 4.79 Å². The van der Waals surface area contributed by atoms with E-state index in [1.807, 2.05) is 42.6 Å². The van der Waals surface area contributed by atoms with E-state index in [1.165, 1.54) is 5.56 Å². The molecule has 3 rings (SSSR count). The van der Waals surface area contributed by atoms with Gasteiger partial charge in [-0.25, -0.2) is 4.68 Å². The van der Waals surface area contributed by atoms with E-state index in [1.54, 1.807) is 23.0 Å². The second kappa shape index (κ2) is 9.37. The number of amides is 1. The molecule has 3 aromatic rings. The fraction of sp³-hybridized carbons (Fsp3) is 0.182. The molecule has 26 heavy (non-hydrogen) atoms. The van der Waals surface area contributed by atoms with E-state index in [2.05, 4.69) is 34.7 Å². The molecule has 1 aromatic heterocycles. The highest BCUT2D eigenvalue weighted by atomic mass is 16.1. The van der Waals surface area contributed by atoms with Gasteiger partial charge < -0.3 is 5.32 Å². The number of hydrogen-bond donors (Lipinski definition) is 1. The average molecular weight is 345 g/mol. The summed E-state index contributed by atoms with van der Waals surface area (Å²) in [6.45, 7) is 0.694. The molecule has 0 saturated carbocycles. The molecule has 1 heterocycles. The van der Waals surface area contributed by atoms with Gasteiger partial charge in [-0.2, -0.15) is 5.10 Å². The van der Waals surface area contributed by atoms with Crippen molar-refractivity contribution in [3.63, 3.8) is 0 Å². The number of para-hydroxylation sites is 1. The van der Waals surface area contributed by atoms with Crippen LogP contribution in [0.3, 0.4) is 0 Å². The van der Waals surface area contributed by atoms with Gasteiger partial charge in [0.1, 0.15) is 0 Å². The highest BCUT2D eigenvalue weighted by Crippen LogP contribution is 2.08. The molecule has 0 unspecified atom stereocenters. The van der Waals surface area contributed by atoms with Gasteiger partial charge in [-0.1, -0.05) is 48.5 Å². The second-order valence-corrected chi connectivity index (χ2v) is 6.12. The van der Waals surface area contributed by atoms with Crippen molar-refractivity contribution in [3.8, 4) is 5.69 Å². The van der Waals surface area contributed by atoms with Gasteiger partial charge in [0.05, 0.1) is 11.9 Å². The van der Waals surface area contributed by atoms with Crippen LogP contribution in [-0.2, 0) is 11.2 Å². The van der Waals surface area contributed by atoms with Crippen molar-refractivity contribution < 1.29 is 4.79 Å². The third-order valence-corrected chi connectivity index (χ3v) is 4.08. The van der Waals surface area contributed by atoms with Crippen LogP contribution < -0.4 is 5.32 Å². The van der Waals surface area contributed by atoms with Crippen LogP contribution in [0.4, 0.5) is 0 Å². The molecule has 0 atom stereocenters. The number of nitrogens with zero attached hydrogens (tertiary/aromatic N) is 2. The van der Waals surface area contributed by atoms with Gasteiger partial charge in [0, 0.05) is 24.4 Å². The minimum atomic E-state index is -0.0721. The smallest absolute Gasteiger partial charge is 0.244 e. The minimum Gasteiger partial charge on any atom is -0.353 e. The standard InChI is InChI=1S/C22H23N3O/c26-22(23-16-8-7-11-19-9-3-1-4-10-19)15-14-20-17-24-25(18-20)21-12-5-2-6-13-21/h1-6,9-10,12-15,17-18H,7-8,11,16H2,(H,23,26)/b15-14+. The fourth-order valence-electron chi connectivity index (χ4n) is 2.69. The predicted molar refractivity (Wildman–Crippen MR) is 105 cm³/mol. The zero-order valence-electron chi connectivity index (χ0n) is 14.7. The zero-order chi connectivity index (χ0) is 18.0. The van der Waals surface area contributed by atoms with Gasteiger partial charge >= 0.3 is 0 Å². The maximum absolute atomic E-state index is 11.9. The maximum atomic E-state index is 11.9. The Kier molecular flexibility index (Phi) is 6.37. The van der Waals surface area contributed by atoms with E-state index in [0.29, 0.717) is 6.54 Å². The zero-order valence-corrected chi connectivity index (χ0v) is 14.7. The summed E-state index contributed by atoms with van der Waals surface area (Å²) in [5.74, 6) is -0.0721. The van der Waals surface area contributed by atoms with Crippen LogP contribution >= 0.6 is 0 Å². The van der Waals surface area contributed by atoms with Gasteiger partial charge in [-0.15, -0.1) is 0 Å². The van der Waals surface area contributed by atoms with Crippen molar-refractivity contribution in [3.05, 3.63) is 90.3 Å². The van der Waals surface area contributed by atoms with E-state index < -0.39 is 0 Å². The van der Waals surface area contributed by atoms with Crippen molar-refractivity contribution in [1.29, 1.82) is 0 Å². The van der Waals surface area contributed by atoms with Crippen LogP contribution in [-0.4, -0.2) is 22.2 Å². The van der Waals surface area contributed by atoms with Crippen LogP contribution in [0.2, 0.25) is 0 Å². The lowest BCUT2D eigenvalue weighted by Crippen LogP contribution is -2.22. The number of nitrogens with one attached hydrogen (secondary N) is 1. The Morgan fingerprint density at radius 2 is 1.73 bits per heavy atom. The summed E-state index contributed by atoms with van der Waals surface area (Å²) in [7, 11) is 0. The third kappa shape index (κ3) is 5.45. The minimum absolute atomic E-state index is 0.0721. The number of benzene rings is 2. The maximum Gasteiger partial charge on any atom is 0.244 e. The molecule has 1 amide bonds. The summed E-state index contributed by atoms with van der Waals surface area (Å²) in [6.07, 6.45) is 10.1. The van der Waals surface area contributed by atoms with Gasteiger partial charge in [-0.3, -0.25) is 4.79 Å². The molecule has 0 radical (unpaired) electrons. The van der Waals surface area contributed by atoms with E-state index >= 15 is 0 Å². The van der Waals surface area contributed by atoms with E-state index in [4.69, 9.17) is 0 Å². The van der Waals surface area contributed by atoms with Crippen molar-refractivity contribution in [1.82, 2.24) is 15.1 Å². The van der Waals surface area contributed by atoms with Crippen LogP contribution in [0.1, 0.15) is 24.0 Å². The Balaban J connectivity index is 1.39. The summed E-state index contributed by atoms with van der Waals surface area (Å²) in [5, 5.41) is 7.24. The van der Waals surface area contributed by atoms with Crippen molar-refractivity contribution in [2.75, 3.05) is 6.54 Å². The van der Waals surface area contributed by atoms with Crippen LogP contribution in [0.5, 0.6) is 0 Å². The molecule has 0 aliphatic carbocycles. The fourth-order valence-corrected chi connectivity index (χ4v) is 2.69. The summed E-state index contributed by atoms with van der Waals surface area (Å²) in [5.41, 5.74) is 3.23. The molecule has 4 heteroatoms. The Labute approximate surface area is 154 Å². The monoisotopic (exact) mass is 345 g/mol. The Morgan fingerprint density at radius 1 is 1.00 bits per heavy atom. The highest BCUT2D eigenvalue weighted by Gasteiger charge is 1.99. The summed E-state index contributed by atoms with van der Waals surface area (Å²) in [6, 6.07) is 20.3. The molecule has 132 valence electrons. The third-order valence-electron chi connectivity index (χ3n) is 4.08. The lowest BCUT2D eigenvalue weighted by Gasteiger charge is -2.03. The lowest BCUT2D eigenvalue weighted by atomic mass is 10.1. The first kappa shape index (κ1) is 17.7. The predicted octanol–water partition coefficient (Wildman–Crippen LogP) is 4.02. The SMILES string of the molecule is O=C(/C=C/c1cnn(-c2ccccc2)c1)NCCCCc1ccccc1. The first-order valence-electron chi connectivity index (χ1n) is 8.91. The van der Waals surface area contributed by atoms with Crippen molar-refractivity contribution in [2.45, 2.75) is 19.3 Å². The molecule has 1 N–H and O–H groups in total. The van der Waals surface area contributed by atoms with E-state index in [0.717, 1.165) is 30.5 Å². The van der Waals surface area contributed by atoms with Gasteiger partial charge in [0.15, 0.2) is 0 Å². The normalized spacial score (nSPS) is 10.9. The van der Waals surface area contributed by atoms with E-state index in [-0.39, 0.29) is 5.91 Å². The Morgan fingerprint density at radius 3 is 2.50 bits per heavy atom. The molecule has 0 bridgehead atoms. The average Bonchev–Trinajstić information content (AvgIpc) is 3.17. The number of carbonyl (C=O) groups excluding carboxylic acids is 1. The largest absolute Gasteiger partial charge is 0.353 e. The molecular weight excluding hydrogens is 322 g/mol.